The molecule has 0 saturated carbocycles. The largest absolute Gasteiger partial charge is 0.359 e. The Balaban J connectivity index is 1.75. The summed E-state index contributed by atoms with van der Waals surface area (Å²) in [6, 6.07) is 0. The predicted molar refractivity (Wildman–Crippen MR) is 97.8 cm³/mol. The predicted octanol–water partition coefficient (Wildman–Crippen LogP) is 2.84. The van der Waals surface area contributed by atoms with Crippen molar-refractivity contribution in [1.29, 1.82) is 0 Å². The van der Waals surface area contributed by atoms with E-state index >= 15 is 0 Å². The lowest BCUT2D eigenvalue weighted by Gasteiger charge is -2.03. The first kappa shape index (κ1) is 17.3. The fourth-order valence-electron chi connectivity index (χ4n) is 2.45. The third-order valence-corrected chi connectivity index (χ3v) is 4.77. The molecule has 0 unspecified atom stereocenters. The van der Waals surface area contributed by atoms with Crippen LogP contribution in [0.1, 0.15) is 38.3 Å². The molecule has 0 aliphatic carbocycles. The van der Waals surface area contributed by atoms with Gasteiger partial charge in [0.2, 0.25) is 5.91 Å². The van der Waals surface area contributed by atoms with Gasteiger partial charge in [0, 0.05) is 44.0 Å². The molecule has 0 aliphatic heterocycles. The van der Waals surface area contributed by atoms with Gasteiger partial charge >= 0.3 is 0 Å². The number of carbonyl (C=O) groups is 1. The lowest BCUT2D eigenvalue weighted by molar-refractivity contribution is -0.120. The summed E-state index contributed by atoms with van der Waals surface area (Å²) in [5.41, 5.74) is 2.02. The highest BCUT2D eigenvalue weighted by Crippen LogP contribution is 2.27. The van der Waals surface area contributed by atoms with Gasteiger partial charge in [0.1, 0.15) is 0 Å². The van der Waals surface area contributed by atoms with E-state index in [2.05, 4.69) is 39.6 Å². The van der Waals surface area contributed by atoms with Crippen LogP contribution in [0.3, 0.4) is 0 Å². The van der Waals surface area contributed by atoms with Gasteiger partial charge in [-0.25, -0.2) is 9.97 Å². The van der Waals surface area contributed by atoms with Crippen LogP contribution in [-0.4, -0.2) is 37.3 Å². The first-order valence-electron chi connectivity index (χ1n) is 8.31. The fourth-order valence-corrected chi connectivity index (χ4v) is 3.42. The topological polar surface area (TPSA) is 77.6 Å². The van der Waals surface area contributed by atoms with E-state index in [0.29, 0.717) is 18.9 Å². The third kappa shape index (κ3) is 3.96. The number of hydrogen-bond donors (Lipinski definition) is 1. The van der Waals surface area contributed by atoms with Gasteiger partial charge in [-0.3, -0.25) is 14.0 Å². The van der Waals surface area contributed by atoms with Crippen molar-refractivity contribution in [1.82, 2.24) is 29.6 Å². The summed E-state index contributed by atoms with van der Waals surface area (Å²) >= 11 is 1.60. The molecule has 0 radical (unpaired) electrons. The van der Waals surface area contributed by atoms with Gasteiger partial charge in [0.05, 0.1) is 17.6 Å². The Hall–Kier alpha value is -2.48. The zero-order valence-electron chi connectivity index (χ0n) is 14.6. The number of rotatable bonds is 7. The Morgan fingerprint density at radius 3 is 2.96 bits per heavy atom. The van der Waals surface area contributed by atoms with Crippen LogP contribution in [0.5, 0.6) is 0 Å². The van der Waals surface area contributed by atoms with Crippen molar-refractivity contribution in [3.8, 4) is 16.5 Å². The van der Waals surface area contributed by atoms with Crippen LogP contribution in [0.25, 0.3) is 16.5 Å². The Kier molecular flexibility index (Phi) is 5.28. The maximum atomic E-state index is 11.3. The highest BCUT2D eigenvalue weighted by Gasteiger charge is 2.14. The summed E-state index contributed by atoms with van der Waals surface area (Å²) in [6.07, 6.45) is 8.71. The number of amides is 1. The van der Waals surface area contributed by atoms with Gasteiger partial charge in [-0.2, -0.15) is 5.10 Å². The van der Waals surface area contributed by atoms with Crippen LogP contribution in [0.15, 0.2) is 30.2 Å². The second-order valence-electron chi connectivity index (χ2n) is 6.09. The fraction of sp³-hybridized carbons (Fsp3) is 0.412. The van der Waals surface area contributed by atoms with Crippen LogP contribution >= 0.6 is 11.3 Å². The van der Waals surface area contributed by atoms with Gasteiger partial charge in [-0.1, -0.05) is 13.8 Å². The number of nitrogens with zero attached hydrogens (tertiary/aromatic N) is 5. The van der Waals surface area contributed by atoms with Crippen molar-refractivity contribution >= 4 is 17.2 Å². The van der Waals surface area contributed by atoms with Crippen molar-refractivity contribution in [2.24, 2.45) is 0 Å². The monoisotopic (exact) mass is 358 g/mol. The molecule has 1 N–H and O–H groups in total. The van der Waals surface area contributed by atoms with Gasteiger partial charge in [0.25, 0.3) is 0 Å². The minimum Gasteiger partial charge on any atom is -0.359 e. The molecule has 0 bridgehead atoms. The van der Waals surface area contributed by atoms with E-state index in [0.717, 1.165) is 28.6 Å². The van der Waals surface area contributed by atoms with Gasteiger partial charge in [0.15, 0.2) is 10.8 Å². The van der Waals surface area contributed by atoms with Crippen molar-refractivity contribution in [2.45, 2.75) is 39.2 Å². The Bertz CT molecular complexity index is 847. The molecule has 3 rings (SSSR count). The first-order valence-corrected chi connectivity index (χ1v) is 9.19. The maximum absolute atomic E-state index is 11.3. The molecule has 0 fully saturated rings. The van der Waals surface area contributed by atoms with Gasteiger partial charge in [-0.05, 0) is 12.3 Å². The molecular weight excluding hydrogens is 336 g/mol. The zero-order chi connectivity index (χ0) is 17.8. The number of aromatic nitrogens is 5. The quantitative estimate of drug-likeness (QED) is 0.704. The molecule has 1 amide bonds. The molecular formula is C17H22N6OS. The van der Waals surface area contributed by atoms with Crippen molar-refractivity contribution in [2.75, 3.05) is 7.05 Å². The molecule has 132 valence electrons. The van der Waals surface area contributed by atoms with Gasteiger partial charge < -0.3 is 5.32 Å². The van der Waals surface area contributed by atoms with Crippen LogP contribution < -0.4 is 5.32 Å². The molecule has 0 spiro atoms. The minimum absolute atomic E-state index is 0.0500. The zero-order valence-corrected chi connectivity index (χ0v) is 15.5. The molecule has 7 nitrogen and oxygen atoms in total. The van der Waals surface area contributed by atoms with Crippen molar-refractivity contribution in [3.05, 3.63) is 35.9 Å². The van der Waals surface area contributed by atoms with E-state index in [1.54, 1.807) is 24.6 Å². The second-order valence-corrected chi connectivity index (χ2v) is 6.95. The number of thiazole rings is 1. The molecule has 8 heteroatoms. The van der Waals surface area contributed by atoms with Crippen molar-refractivity contribution in [3.63, 3.8) is 0 Å². The van der Waals surface area contributed by atoms with Crippen LogP contribution in [-0.2, 0) is 11.3 Å². The Morgan fingerprint density at radius 2 is 2.24 bits per heavy atom. The second kappa shape index (κ2) is 7.60. The van der Waals surface area contributed by atoms with E-state index in [-0.39, 0.29) is 5.91 Å². The molecule has 3 aromatic rings. The number of imidazole rings is 1. The number of hydrogen-bond acceptors (Lipinski definition) is 5. The van der Waals surface area contributed by atoms with Crippen LogP contribution in [0.2, 0.25) is 0 Å². The molecule has 0 saturated heterocycles. The summed E-state index contributed by atoms with van der Waals surface area (Å²) in [5.74, 6) is 1.27. The van der Waals surface area contributed by atoms with Crippen molar-refractivity contribution < 1.29 is 4.79 Å². The smallest absolute Gasteiger partial charge is 0.219 e. The highest BCUT2D eigenvalue weighted by atomic mass is 32.1. The summed E-state index contributed by atoms with van der Waals surface area (Å²) in [4.78, 5) is 20.4. The average molecular weight is 358 g/mol. The summed E-state index contributed by atoms with van der Waals surface area (Å²) in [5, 5.41) is 10.00. The normalized spacial score (nSPS) is 11.2. The van der Waals surface area contributed by atoms with Gasteiger partial charge in [-0.15, -0.1) is 11.3 Å². The summed E-state index contributed by atoms with van der Waals surface area (Å²) < 4.78 is 3.84. The van der Waals surface area contributed by atoms with E-state index in [4.69, 9.17) is 0 Å². The molecule has 0 atom stereocenters. The standard InChI is InChI=1S/C17H22N6OS/c1-12(2)14-11-25-17(21-14)16-19-6-8-23(16)13-9-20-22(10-13)7-4-5-15(24)18-3/h6,8-12H,4-5,7H2,1-3H3,(H,18,24). The average Bonchev–Trinajstić information content (AvgIpc) is 3.32. The SMILES string of the molecule is CNC(=O)CCCn1cc(-n2ccnc2-c2nc(C(C)C)cs2)cn1. The lowest BCUT2D eigenvalue weighted by Crippen LogP contribution is -2.17. The number of carbonyl (C=O) groups excluding carboxylic acids is 1. The van der Waals surface area contributed by atoms with Crippen LogP contribution in [0, 0.1) is 0 Å². The lowest BCUT2D eigenvalue weighted by atomic mass is 10.2. The van der Waals surface area contributed by atoms with Crippen LogP contribution in [0.4, 0.5) is 0 Å². The molecule has 3 heterocycles. The van der Waals surface area contributed by atoms with E-state index < -0.39 is 0 Å². The van der Waals surface area contributed by atoms with E-state index in [1.165, 1.54) is 0 Å². The molecule has 3 aromatic heterocycles. The highest BCUT2D eigenvalue weighted by molar-refractivity contribution is 7.13. The Labute approximate surface area is 150 Å². The molecule has 25 heavy (non-hydrogen) atoms. The summed E-state index contributed by atoms with van der Waals surface area (Å²) in [7, 11) is 1.65. The van der Waals surface area contributed by atoms with E-state index in [9.17, 15) is 4.79 Å². The first-order chi connectivity index (χ1) is 12.1. The van der Waals surface area contributed by atoms with E-state index in [1.807, 2.05) is 27.8 Å². The third-order valence-electron chi connectivity index (χ3n) is 3.91. The maximum Gasteiger partial charge on any atom is 0.219 e. The minimum atomic E-state index is 0.0500. The Morgan fingerprint density at radius 1 is 1.40 bits per heavy atom. The number of nitrogens with one attached hydrogen (secondary N) is 1. The summed E-state index contributed by atoms with van der Waals surface area (Å²) in [6.45, 7) is 4.97. The molecule has 0 aromatic carbocycles. The molecule has 0 aliphatic rings. The number of aryl methyl sites for hydroxylation is 1.